The summed E-state index contributed by atoms with van der Waals surface area (Å²) in [6, 6.07) is 19.5. The van der Waals surface area contributed by atoms with Gasteiger partial charge in [0.15, 0.2) is 0 Å². The fraction of sp³-hybridized carbons (Fsp3) is 0.0526. The van der Waals surface area contributed by atoms with Gasteiger partial charge in [-0.2, -0.15) is 0 Å². The highest BCUT2D eigenvalue weighted by atomic mass is 127. The predicted molar refractivity (Wildman–Crippen MR) is 99.5 cm³/mol. The minimum Gasteiger partial charge on any atom is -0.376 e. The summed E-state index contributed by atoms with van der Waals surface area (Å²) < 4.78 is 0.373. The average molecular weight is 383 g/mol. The van der Waals surface area contributed by atoms with Gasteiger partial charge in [0, 0.05) is 6.20 Å². The van der Waals surface area contributed by atoms with E-state index in [2.05, 4.69) is 101 Å². The Morgan fingerprint density at radius 2 is 1.57 bits per heavy atom. The van der Waals surface area contributed by atoms with Crippen molar-refractivity contribution in [3.8, 4) is 0 Å². The van der Waals surface area contributed by atoms with Crippen molar-refractivity contribution in [3.05, 3.63) is 78.5 Å². The van der Waals surface area contributed by atoms with Crippen LogP contribution in [0.15, 0.2) is 72.9 Å². The van der Waals surface area contributed by atoms with Crippen molar-refractivity contribution in [3.63, 3.8) is 0 Å². The van der Waals surface area contributed by atoms with E-state index in [0.717, 1.165) is 0 Å². The zero-order valence-electron chi connectivity index (χ0n) is 11.4. The first-order chi connectivity index (χ1) is 10.3. The standard InChI is InChI=1S/C19H14IN/c20-19-10-9-14(12-21-19)18-11-13-5-1-2-6-15(13)16-7-3-4-8-17(16)18/h1-12,19,21H. The van der Waals surface area contributed by atoms with Gasteiger partial charge in [-0.15, -0.1) is 0 Å². The Bertz CT molecular complexity index is 892. The Hall–Kier alpha value is -1.81. The fourth-order valence-electron chi connectivity index (χ4n) is 2.92. The van der Waals surface area contributed by atoms with Crippen LogP contribution in [0.2, 0.25) is 0 Å². The summed E-state index contributed by atoms with van der Waals surface area (Å²) in [5.74, 6) is 0. The molecule has 1 aliphatic rings. The minimum atomic E-state index is 0.373. The molecule has 1 nitrogen and oxygen atoms in total. The maximum atomic E-state index is 3.38. The molecule has 1 unspecified atom stereocenters. The van der Waals surface area contributed by atoms with Crippen LogP contribution in [0, 0.1) is 0 Å². The molecule has 0 saturated carbocycles. The molecule has 0 radical (unpaired) electrons. The number of nitrogens with one attached hydrogen (secondary N) is 1. The van der Waals surface area contributed by atoms with Gasteiger partial charge in [0.05, 0.1) is 4.05 Å². The van der Waals surface area contributed by atoms with Crippen LogP contribution in [0.3, 0.4) is 0 Å². The van der Waals surface area contributed by atoms with Crippen LogP contribution in [0.5, 0.6) is 0 Å². The lowest BCUT2D eigenvalue weighted by molar-refractivity contribution is 0.947. The van der Waals surface area contributed by atoms with E-state index in [1.807, 2.05) is 0 Å². The van der Waals surface area contributed by atoms with E-state index in [4.69, 9.17) is 0 Å². The van der Waals surface area contributed by atoms with E-state index in [9.17, 15) is 0 Å². The molecule has 0 spiro atoms. The van der Waals surface area contributed by atoms with E-state index in [1.165, 1.54) is 32.7 Å². The van der Waals surface area contributed by atoms with Gasteiger partial charge in [-0.25, -0.2) is 0 Å². The molecule has 21 heavy (non-hydrogen) atoms. The number of hydrogen-bond acceptors (Lipinski definition) is 1. The summed E-state index contributed by atoms with van der Waals surface area (Å²) in [6.07, 6.45) is 6.53. The zero-order chi connectivity index (χ0) is 14.2. The van der Waals surface area contributed by atoms with Crippen molar-refractivity contribution in [2.24, 2.45) is 0 Å². The number of benzene rings is 3. The molecule has 0 amide bonds. The maximum absolute atomic E-state index is 3.38. The summed E-state index contributed by atoms with van der Waals surface area (Å²) in [5.41, 5.74) is 2.53. The molecule has 0 aromatic heterocycles. The van der Waals surface area contributed by atoms with Gasteiger partial charge in [-0.05, 0) is 38.7 Å². The van der Waals surface area contributed by atoms with E-state index in [1.54, 1.807) is 0 Å². The first kappa shape index (κ1) is 12.9. The van der Waals surface area contributed by atoms with Crippen LogP contribution in [0.1, 0.15) is 5.56 Å². The monoisotopic (exact) mass is 383 g/mol. The summed E-state index contributed by atoms with van der Waals surface area (Å²) in [7, 11) is 0. The molecular weight excluding hydrogens is 369 g/mol. The van der Waals surface area contributed by atoms with E-state index >= 15 is 0 Å². The lowest BCUT2D eigenvalue weighted by Gasteiger charge is -2.16. The predicted octanol–water partition coefficient (Wildman–Crippen LogP) is 5.25. The first-order valence-corrected chi connectivity index (χ1v) is 8.27. The van der Waals surface area contributed by atoms with Crippen molar-refractivity contribution >= 4 is 49.7 Å². The van der Waals surface area contributed by atoms with Crippen molar-refractivity contribution in [2.75, 3.05) is 0 Å². The highest BCUT2D eigenvalue weighted by molar-refractivity contribution is 14.1. The van der Waals surface area contributed by atoms with E-state index in [-0.39, 0.29) is 0 Å². The molecule has 0 bridgehead atoms. The molecular formula is C19H14IN. The van der Waals surface area contributed by atoms with Gasteiger partial charge in [-0.1, -0.05) is 83.3 Å². The average Bonchev–Trinajstić information content (AvgIpc) is 2.55. The molecule has 1 N–H and O–H groups in total. The number of alkyl halides is 1. The first-order valence-electron chi connectivity index (χ1n) is 7.02. The molecule has 1 aliphatic heterocycles. The molecule has 1 atom stereocenters. The largest absolute Gasteiger partial charge is 0.376 e. The van der Waals surface area contributed by atoms with Crippen LogP contribution in [0.4, 0.5) is 0 Å². The lowest BCUT2D eigenvalue weighted by Crippen LogP contribution is -2.17. The molecule has 0 aliphatic carbocycles. The van der Waals surface area contributed by atoms with Gasteiger partial charge in [0.1, 0.15) is 0 Å². The Morgan fingerprint density at radius 3 is 2.33 bits per heavy atom. The Balaban J connectivity index is 2.05. The molecule has 3 aromatic carbocycles. The molecule has 0 fully saturated rings. The maximum Gasteiger partial charge on any atom is 0.0966 e. The van der Waals surface area contributed by atoms with Gasteiger partial charge in [-0.3, -0.25) is 0 Å². The molecule has 2 heteroatoms. The van der Waals surface area contributed by atoms with Crippen LogP contribution in [0.25, 0.3) is 27.1 Å². The SMILES string of the molecule is IC1C=CC(c2cc3ccccc3c3ccccc23)=CN1. The number of halogens is 1. The molecule has 1 heterocycles. The number of hydrogen-bond donors (Lipinski definition) is 1. The van der Waals surface area contributed by atoms with Crippen molar-refractivity contribution in [2.45, 2.75) is 4.05 Å². The Morgan fingerprint density at radius 1 is 0.857 bits per heavy atom. The number of rotatable bonds is 1. The van der Waals surface area contributed by atoms with Gasteiger partial charge < -0.3 is 5.32 Å². The van der Waals surface area contributed by atoms with Crippen molar-refractivity contribution in [1.82, 2.24) is 5.32 Å². The third kappa shape index (κ3) is 2.23. The second-order valence-electron chi connectivity index (χ2n) is 5.22. The highest BCUT2D eigenvalue weighted by Gasteiger charge is 2.11. The smallest absolute Gasteiger partial charge is 0.0966 e. The van der Waals surface area contributed by atoms with Gasteiger partial charge in [0.25, 0.3) is 0 Å². The third-order valence-electron chi connectivity index (χ3n) is 3.92. The molecule has 0 saturated heterocycles. The lowest BCUT2D eigenvalue weighted by atomic mass is 9.93. The van der Waals surface area contributed by atoms with Gasteiger partial charge >= 0.3 is 0 Å². The number of fused-ring (bicyclic) bond motifs is 3. The second-order valence-corrected chi connectivity index (χ2v) is 6.56. The molecule has 4 rings (SSSR count). The topological polar surface area (TPSA) is 12.0 Å². The fourth-order valence-corrected chi connectivity index (χ4v) is 3.31. The van der Waals surface area contributed by atoms with Crippen molar-refractivity contribution in [1.29, 1.82) is 0 Å². The number of dihydropyridines is 1. The quantitative estimate of drug-likeness (QED) is 0.262. The van der Waals surface area contributed by atoms with Crippen LogP contribution in [-0.4, -0.2) is 4.05 Å². The second kappa shape index (κ2) is 5.19. The summed E-state index contributed by atoms with van der Waals surface area (Å²) in [5, 5.41) is 8.61. The van der Waals surface area contributed by atoms with Crippen LogP contribution >= 0.6 is 22.6 Å². The third-order valence-corrected chi connectivity index (χ3v) is 4.70. The Labute approximate surface area is 137 Å². The highest BCUT2D eigenvalue weighted by Crippen LogP contribution is 2.33. The summed E-state index contributed by atoms with van der Waals surface area (Å²) in [6.45, 7) is 0. The molecule has 3 aromatic rings. The van der Waals surface area contributed by atoms with Crippen LogP contribution in [-0.2, 0) is 0 Å². The van der Waals surface area contributed by atoms with Gasteiger partial charge in [0.2, 0.25) is 0 Å². The Kier molecular flexibility index (Phi) is 3.19. The van der Waals surface area contributed by atoms with E-state index < -0.39 is 0 Å². The molecule has 102 valence electrons. The van der Waals surface area contributed by atoms with Crippen molar-refractivity contribution < 1.29 is 0 Å². The minimum absolute atomic E-state index is 0.373. The summed E-state index contributed by atoms with van der Waals surface area (Å²) in [4.78, 5) is 0. The normalized spacial score (nSPS) is 17.8. The number of allylic oxidation sites excluding steroid dienone is 2. The summed E-state index contributed by atoms with van der Waals surface area (Å²) >= 11 is 2.38. The van der Waals surface area contributed by atoms with Crippen LogP contribution < -0.4 is 5.32 Å². The van der Waals surface area contributed by atoms with E-state index in [0.29, 0.717) is 4.05 Å². The zero-order valence-corrected chi connectivity index (χ0v) is 13.5.